The van der Waals surface area contributed by atoms with E-state index in [9.17, 15) is 0 Å². The van der Waals surface area contributed by atoms with Crippen LogP contribution in [0.25, 0.3) is 5.69 Å². The molecule has 0 atom stereocenters. The van der Waals surface area contributed by atoms with E-state index in [1.807, 2.05) is 24.4 Å². The van der Waals surface area contributed by atoms with E-state index in [0.29, 0.717) is 11.1 Å². The molecular formula is C12H12ClIN4. The maximum absolute atomic E-state index is 6.20. The second-order valence-electron chi connectivity index (χ2n) is 4.41. The van der Waals surface area contributed by atoms with Gasteiger partial charge in [-0.1, -0.05) is 16.8 Å². The molecule has 1 aromatic carbocycles. The van der Waals surface area contributed by atoms with Crippen molar-refractivity contribution in [3.05, 3.63) is 38.7 Å². The molecule has 0 spiro atoms. The Balaban J connectivity index is 1.78. The van der Waals surface area contributed by atoms with Crippen LogP contribution in [0.4, 0.5) is 0 Å². The van der Waals surface area contributed by atoms with Crippen molar-refractivity contribution in [2.24, 2.45) is 0 Å². The lowest BCUT2D eigenvalue weighted by Crippen LogP contribution is -2.15. The van der Waals surface area contributed by atoms with Crippen molar-refractivity contribution in [1.29, 1.82) is 0 Å². The first-order valence-corrected chi connectivity index (χ1v) is 7.28. The van der Waals surface area contributed by atoms with Crippen LogP contribution in [0, 0.1) is 3.57 Å². The van der Waals surface area contributed by atoms with Crippen LogP contribution >= 0.6 is 34.2 Å². The summed E-state index contributed by atoms with van der Waals surface area (Å²) in [5.41, 5.74) is 1.80. The Morgan fingerprint density at radius 1 is 1.44 bits per heavy atom. The molecule has 2 aromatic rings. The second-order valence-corrected chi connectivity index (χ2v) is 6.06. The molecule has 0 aliphatic heterocycles. The van der Waals surface area contributed by atoms with E-state index in [1.54, 1.807) is 4.68 Å². The minimum atomic E-state index is 0.678. The van der Waals surface area contributed by atoms with Gasteiger partial charge in [0, 0.05) is 16.2 Å². The first-order chi connectivity index (χ1) is 8.72. The average Bonchev–Trinajstić information content (AvgIpc) is 3.05. The van der Waals surface area contributed by atoms with Gasteiger partial charge in [-0.05, 0) is 53.6 Å². The van der Waals surface area contributed by atoms with E-state index in [0.717, 1.165) is 21.5 Å². The number of nitrogens with zero attached hydrogens (tertiary/aromatic N) is 3. The molecule has 6 heteroatoms. The van der Waals surface area contributed by atoms with Crippen LogP contribution in [0.3, 0.4) is 0 Å². The molecule has 1 saturated carbocycles. The Hall–Kier alpha value is -0.660. The normalized spacial score (nSPS) is 15.0. The van der Waals surface area contributed by atoms with Crippen molar-refractivity contribution in [3.63, 3.8) is 0 Å². The number of halogens is 2. The van der Waals surface area contributed by atoms with Crippen molar-refractivity contribution in [2.75, 3.05) is 0 Å². The molecule has 0 unspecified atom stereocenters. The molecule has 0 radical (unpaired) electrons. The Morgan fingerprint density at radius 2 is 2.28 bits per heavy atom. The van der Waals surface area contributed by atoms with Crippen LogP contribution in [-0.4, -0.2) is 21.0 Å². The molecule has 0 amide bonds. The van der Waals surface area contributed by atoms with E-state index in [1.165, 1.54) is 12.8 Å². The summed E-state index contributed by atoms with van der Waals surface area (Å²) in [6, 6.07) is 6.56. The molecule has 1 aliphatic rings. The van der Waals surface area contributed by atoms with Gasteiger partial charge in [0.2, 0.25) is 0 Å². The minimum Gasteiger partial charge on any atom is -0.308 e. The van der Waals surface area contributed by atoms with Crippen molar-refractivity contribution in [3.8, 4) is 5.69 Å². The van der Waals surface area contributed by atoms with Gasteiger partial charge in [-0.25, -0.2) is 4.68 Å². The molecule has 1 aliphatic carbocycles. The van der Waals surface area contributed by atoms with E-state index >= 15 is 0 Å². The van der Waals surface area contributed by atoms with Crippen LogP contribution in [-0.2, 0) is 6.54 Å². The smallest absolute Gasteiger partial charge is 0.0969 e. The Labute approximate surface area is 124 Å². The number of benzene rings is 1. The second kappa shape index (κ2) is 5.14. The number of aromatic nitrogens is 3. The van der Waals surface area contributed by atoms with Gasteiger partial charge >= 0.3 is 0 Å². The Bertz CT molecular complexity index is 565. The number of rotatable bonds is 4. The molecule has 1 heterocycles. The lowest BCUT2D eigenvalue weighted by atomic mass is 10.3. The summed E-state index contributed by atoms with van der Waals surface area (Å²) in [4.78, 5) is 0. The molecular weight excluding hydrogens is 363 g/mol. The van der Waals surface area contributed by atoms with Gasteiger partial charge in [-0.15, -0.1) is 5.10 Å². The van der Waals surface area contributed by atoms with Crippen molar-refractivity contribution in [2.45, 2.75) is 25.4 Å². The third kappa shape index (κ3) is 2.84. The molecule has 0 saturated heterocycles. The van der Waals surface area contributed by atoms with Gasteiger partial charge in [-0.3, -0.25) is 0 Å². The van der Waals surface area contributed by atoms with Crippen LogP contribution in [0.1, 0.15) is 18.5 Å². The molecule has 3 rings (SSSR count). The molecule has 0 bridgehead atoms. The SMILES string of the molecule is Clc1cc(I)ccc1-n1cc(CNC2CC2)nn1. The zero-order chi connectivity index (χ0) is 12.5. The van der Waals surface area contributed by atoms with Gasteiger partial charge in [0.1, 0.15) is 0 Å². The van der Waals surface area contributed by atoms with E-state index in [4.69, 9.17) is 11.6 Å². The van der Waals surface area contributed by atoms with E-state index in [2.05, 4.69) is 38.2 Å². The third-order valence-electron chi connectivity index (χ3n) is 2.85. The monoisotopic (exact) mass is 374 g/mol. The molecule has 1 aromatic heterocycles. The largest absolute Gasteiger partial charge is 0.308 e. The minimum absolute atomic E-state index is 0.678. The topological polar surface area (TPSA) is 42.7 Å². The maximum atomic E-state index is 6.20. The van der Waals surface area contributed by atoms with Gasteiger partial charge in [0.05, 0.1) is 22.6 Å². The maximum Gasteiger partial charge on any atom is 0.0969 e. The van der Waals surface area contributed by atoms with Gasteiger partial charge in [-0.2, -0.15) is 0 Å². The summed E-state index contributed by atoms with van der Waals surface area (Å²) in [5.74, 6) is 0. The zero-order valence-electron chi connectivity index (χ0n) is 9.61. The fourth-order valence-corrected chi connectivity index (χ4v) is 2.64. The van der Waals surface area contributed by atoms with Crippen molar-refractivity contribution < 1.29 is 0 Å². The summed E-state index contributed by atoms with van der Waals surface area (Å²) in [7, 11) is 0. The fraction of sp³-hybridized carbons (Fsp3) is 0.333. The Kier molecular flexibility index (Phi) is 3.54. The number of hydrogen-bond acceptors (Lipinski definition) is 3. The highest BCUT2D eigenvalue weighted by Crippen LogP contribution is 2.22. The molecule has 94 valence electrons. The van der Waals surface area contributed by atoms with Crippen LogP contribution in [0.5, 0.6) is 0 Å². The molecule has 1 fully saturated rings. The van der Waals surface area contributed by atoms with Gasteiger partial charge in [0.15, 0.2) is 0 Å². The van der Waals surface area contributed by atoms with Gasteiger partial charge in [0.25, 0.3) is 0 Å². The predicted molar refractivity (Wildman–Crippen MR) is 78.9 cm³/mol. The quantitative estimate of drug-likeness (QED) is 0.837. The summed E-state index contributed by atoms with van der Waals surface area (Å²) in [6.45, 7) is 0.770. The summed E-state index contributed by atoms with van der Waals surface area (Å²) in [5, 5.41) is 12.4. The van der Waals surface area contributed by atoms with Gasteiger partial charge < -0.3 is 5.32 Å². The molecule has 1 N–H and O–H groups in total. The first-order valence-electron chi connectivity index (χ1n) is 5.82. The van der Waals surface area contributed by atoms with Crippen LogP contribution < -0.4 is 5.32 Å². The highest BCUT2D eigenvalue weighted by Gasteiger charge is 2.20. The predicted octanol–water partition coefficient (Wildman–Crippen LogP) is 2.78. The zero-order valence-corrected chi connectivity index (χ0v) is 12.5. The van der Waals surface area contributed by atoms with Crippen LogP contribution in [0.2, 0.25) is 5.02 Å². The fourth-order valence-electron chi connectivity index (χ4n) is 1.70. The standard InChI is InChI=1S/C12H12ClIN4/c13-11-5-8(14)1-4-12(11)18-7-10(16-17-18)6-15-9-2-3-9/h1,4-5,7,9,15H,2-3,6H2. The molecule has 4 nitrogen and oxygen atoms in total. The van der Waals surface area contributed by atoms with E-state index in [-0.39, 0.29) is 0 Å². The summed E-state index contributed by atoms with van der Waals surface area (Å²) >= 11 is 8.44. The first kappa shape index (κ1) is 12.4. The molecule has 18 heavy (non-hydrogen) atoms. The lowest BCUT2D eigenvalue weighted by molar-refractivity contribution is 0.671. The van der Waals surface area contributed by atoms with Crippen molar-refractivity contribution in [1.82, 2.24) is 20.3 Å². The lowest BCUT2D eigenvalue weighted by Gasteiger charge is -2.03. The van der Waals surface area contributed by atoms with Crippen LogP contribution in [0.15, 0.2) is 24.4 Å². The average molecular weight is 375 g/mol. The third-order valence-corrected chi connectivity index (χ3v) is 3.82. The van der Waals surface area contributed by atoms with Crippen molar-refractivity contribution >= 4 is 34.2 Å². The number of nitrogens with one attached hydrogen (secondary N) is 1. The summed E-state index contributed by atoms with van der Waals surface area (Å²) < 4.78 is 2.83. The highest BCUT2D eigenvalue weighted by molar-refractivity contribution is 14.1. The summed E-state index contributed by atoms with van der Waals surface area (Å²) in [6.07, 6.45) is 4.47. The van der Waals surface area contributed by atoms with E-state index < -0.39 is 0 Å². The highest BCUT2D eigenvalue weighted by atomic mass is 127. The number of hydrogen-bond donors (Lipinski definition) is 1. The Morgan fingerprint density at radius 3 is 3.00 bits per heavy atom.